The number of hydrogen-bond acceptors (Lipinski definition) is 4. The number of rotatable bonds is 5. The highest BCUT2D eigenvalue weighted by Crippen LogP contribution is 2.42. The number of ketones is 1. The SMILES string of the molecule is O=C(O)c1ccc(CNC(=O)C2C[C@H]3CC[C@@H](C2)C3=O)nc1C1CC1. The molecule has 25 heavy (non-hydrogen) atoms. The Morgan fingerprint density at radius 1 is 1.08 bits per heavy atom. The molecule has 2 bridgehead atoms. The van der Waals surface area contributed by atoms with Crippen LogP contribution in [0.4, 0.5) is 0 Å². The van der Waals surface area contributed by atoms with Crippen LogP contribution in [0.15, 0.2) is 12.1 Å². The third-order valence-corrected chi connectivity index (χ3v) is 5.80. The smallest absolute Gasteiger partial charge is 0.337 e. The number of carboxylic acids is 1. The molecule has 3 aliphatic rings. The van der Waals surface area contributed by atoms with E-state index in [0.717, 1.165) is 25.7 Å². The molecule has 1 aromatic rings. The summed E-state index contributed by atoms with van der Waals surface area (Å²) < 4.78 is 0. The fourth-order valence-electron chi connectivity index (χ4n) is 4.27. The molecular weight excluding hydrogens is 320 g/mol. The first-order chi connectivity index (χ1) is 12.0. The Balaban J connectivity index is 1.40. The fraction of sp³-hybridized carbons (Fsp3) is 0.579. The molecule has 1 amide bonds. The van der Waals surface area contributed by atoms with Gasteiger partial charge in [-0.3, -0.25) is 14.6 Å². The lowest BCUT2D eigenvalue weighted by Gasteiger charge is -2.25. The average Bonchev–Trinajstić information content (AvgIpc) is 3.41. The predicted octanol–water partition coefficient (Wildman–Crippen LogP) is 2.28. The molecule has 4 rings (SSSR count). The first-order valence-corrected chi connectivity index (χ1v) is 9.07. The van der Waals surface area contributed by atoms with Gasteiger partial charge in [-0.1, -0.05) is 0 Å². The van der Waals surface area contributed by atoms with Crippen LogP contribution < -0.4 is 5.32 Å². The van der Waals surface area contributed by atoms with Gasteiger partial charge in [0, 0.05) is 23.7 Å². The summed E-state index contributed by atoms with van der Waals surface area (Å²) in [5, 5.41) is 12.2. The van der Waals surface area contributed by atoms with E-state index in [4.69, 9.17) is 0 Å². The van der Waals surface area contributed by atoms with Crippen LogP contribution in [-0.4, -0.2) is 27.8 Å². The normalized spacial score (nSPS) is 28.0. The molecule has 0 aliphatic heterocycles. The molecule has 3 saturated carbocycles. The number of amides is 1. The molecule has 0 spiro atoms. The number of nitrogens with one attached hydrogen (secondary N) is 1. The summed E-state index contributed by atoms with van der Waals surface area (Å²) in [6.07, 6.45) is 5.14. The Hall–Kier alpha value is -2.24. The first kappa shape index (κ1) is 16.2. The molecule has 0 aromatic carbocycles. The van der Waals surface area contributed by atoms with Gasteiger partial charge in [-0.2, -0.15) is 0 Å². The third kappa shape index (κ3) is 3.17. The first-order valence-electron chi connectivity index (χ1n) is 9.07. The van der Waals surface area contributed by atoms with Gasteiger partial charge < -0.3 is 10.4 Å². The van der Waals surface area contributed by atoms with Crippen molar-refractivity contribution in [3.63, 3.8) is 0 Å². The highest BCUT2D eigenvalue weighted by Gasteiger charge is 2.43. The number of carboxylic acid groups (broad SMARTS) is 1. The highest BCUT2D eigenvalue weighted by atomic mass is 16.4. The number of fused-ring (bicyclic) bond motifs is 2. The van der Waals surface area contributed by atoms with Crippen LogP contribution in [0.3, 0.4) is 0 Å². The van der Waals surface area contributed by atoms with Gasteiger partial charge in [0.25, 0.3) is 0 Å². The van der Waals surface area contributed by atoms with Gasteiger partial charge in [-0.05, 0) is 50.7 Å². The summed E-state index contributed by atoms with van der Waals surface area (Å²) in [6.45, 7) is 0.304. The number of Topliss-reactive ketones (excluding diaryl/α,β-unsaturated/α-hetero) is 1. The molecule has 3 atom stereocenters. The zero-order chi connectivity index (χ0) is 17.6. The molecule has 2 N–H and O–H groups in total. The maximum Gasteiger partial charge on any atom is 0.337 e. The van der Waals surface area contributed by atoms with Crippen LogP contribution in [0.2, 0.25) is 0 Å². The van der Waals surface area contributed by atoms with E-state index in [9.17, 15) is 19.5 Å². The Labute approximate surface area is 146 Å². The van der Waals surface area contributed by atoms with Crippen LogP contribution in [0.1, 0.15) is 66.2 Å². The molecular formula is C19H22N2O4. The topological polar surface area (TPSA) is 96.4 Å². The maximum atomic E-state index is 12.5. The highest BCUT2D eigenvalue weighted by molar-refractivity contribution is 5.90. The van der Waals surface area contributed by atoms with E-state index >= 15 is 0 Å². The molecule has 6 nitrogen and oxygen atoms in total. The zero-order valence-electron chi connectivity index (χ0n) is 14.0. The molecule has 0 radical (unpaired) electrons. The second kappa shape index (κ2) is 6.24. The van der Waals surface area contributed by atoms with E-state index in [2.05, 4.69) is 10.3 Å². The van der Waals surface area contributed by atoms with Crippen LogP contribution in [-0.2, 0) is 16.1 Å². The van der Waals surface area contributed by atoms with Gasteiger partial charge in [0.05, 0.1) is 23.5 Å². The van der Waals surface area contributed by atoms with E-state index in [0.29, 0.717) is 36.6 Å². The number of hydrogen-bond donors (Lipinski definition) is 2. The van der Waals surface area contributed by atoms with Gasteiger partial charge >= 0.3 is 5.97 Å². The van der Waals surface area contributed by atoms with Gasteiger partial charge in [0.15, 0.2) is 0 Å². The van der Waals surface area contributed by atoms with Gasteiger partial charge in [0.2, 0.25) is 5.91 Å². The van der Waals surface area contributed by atoms with Gasteiger partial charge in [-0.15, -0.1) is 0 Å². The summed E-state index contributed by atoms with van der Waals surface area (Å²) in [5.41, 5.74) is 1.59. The largest absolute Gasteiger partial charge is 0.478 e. The zero-order valence-corrected chi connectivity index (χ0v) is 14.0. The quantitative estimate of drug-likeness (QED) is 0.856. The molecule has 6 heteroatoms. The molecule has 1 heterocycles. The van der Waals surface area contributed by atoms with E-state index in [1.165, 1.54) is 0 Å². The third-order valence-electron chi connectivity index (χ3n) is 5.80. The molecule has 3 aliphatic carbocycles. The lowest BCUT2D eigenvalue weighted by atomic mass is 9.79. The van der Waals surface area contributed by atoms with E-state index < -0.39 is 5.97 Å². The lowest BCUT2D eigenvalue weighted by molar-refractivity contribution is -0.132. The Morgan fingerprint density at radius 3 is 2.32 bits per heavy atom. The maximum absolute atomic E-state index is 12.5. The summed E-state index contributed by atoms with van der Waals surface area (Å²) >= 11 is 0. The number of aromatic carboxylic acids is 1. The Morgan fingerprint density at radius 2 is 1.72 bits per heavy atom. The number of carbonyl (C=O) groups is 3. The Bertz CT molecular complexity index is 725. The van der Waals surface area contributed by atoms with E-state index in [-0.39, 0.29) is 35.1 Å². The van der Waals surface area contributed by atoms with Crippen LogP contribution in [0.25, 0.3) is 0 Å². The average molecular weight is 342 g/mol. The Kier molecular flexibility index (Phi) is 4.06. The lowest BCUT2D eigenvalue weighted by Crippen LogP contribution is -2.37. The molecule has 1 unspecified atom stereocenters. The number of aromatic nitrogens is 1. The summed E-state index contributed by atoms with van der Waals surface area (Å²) in [6, 6.07) is 3.26. The van der Waals surface area contributed by atoms with Gasteiger partial charge in [0.1, 0.15) is 5.78 Å². The molecule has 0 saturated heterocycles. The second-order valence-electron chi connectivity index (χ2n) is 7.57. The van der Waals surface area contributed by atoms with E-state index in [1.807, 2.05) is 0 Å². The summed E-state index contributed by atoms with van der Waals surface area (Å²) in [4.78, 5) is 40.2. The van der Waals surface area contributed by atoms with Crippen molar-refractivity contribution in [2.24, 2.45) is 17.8 Å². The number of carbonyl (C=O) groups excluding carboxylic acids is 2. The summed E-state index contributed by atoms with van der Waals surface area (Å²) in [7, 11) is 0. The number of nitrogens with zero attached hydrogens (tertiary/aromatic N) is 1. The van der Waals surface area contributed by atoms with Crippen molar-refractivity contribution in [2.45, 2.75) is 51.0 Å². The van der Waals surface area contributed by atoms with Gasteiger partial charge in [-0.25, -0.2) is 4.79 Å². The van der Waals surface area contributed by atoms with Crippen molar-refractivity contribution >= 4 is 17.7 Å². The van der Waals surface area contributed by atoms with Crippen molar-refractivity contribution in [1.29, 1.82) is 0 Å². The van der Waals surface area contributed by atoms with E-state index in [1.54, 1.807) is 12.1 Å². The molecule has 3 fully saturated rings. The van der Waals surface area contributed by atoms with Crippen molar-refractivity contribution in [2.75, 3.05) is 0 Å². The minimum Gasteiger partial charge on any atom is -0.478 e. The standard InChI is InChI=1S/C19H22N2O4/c22-17-11-3-4-12(17)8-13(7-11)18(23)20-9-14-5-6-15(19(24)25)16(21-14)10-1-2-10/h5-6,10-13H,1-4,7-9H2,(H,20,23)(H,24,25)/t11-,12+,13?. The summed E-state index contributed by atoms with van der Waals surface area (Å²) in [5.74, 6) is -0.316. The van der Waals surface area contributed by atoms with Crippen molar-refractivity contribution < 1.29 is 19.5 Å². The monoisotopic (exact) mass is 342 g/mol. The van der Waals surface area contributed by atoms with Crippen LogP contribution in [0.5, 0.6) is 0 Å². The van der Waals surface area contributed by atoms with Crippen LogP contribution in [0, 0.1) is 17.8 Å². The second-order valence-corrected chi connectivity index (χ2v) is 7.57. The fourth-order valence-corrected chi connectivity index (χ4v) is 4.27. The minimum atomic E-state index is -0.952. The van der Waals surface area contributed by atoms with Crippen molar-refractivity contribution in [3.8, 4) is 0 Å². The molecule has 132 valence electrons. The molecule has 1 aromatic heterocycles. The van der Waals surface area contributed by atoms with Crippen LogP contribution >= 0.6 is 0 Å². The predicted molar refractivity (Wildman–Crippen MR) is 89.0 cm³/mol. The van der Waals surface area contributed by atoms with Crippen molar-refractivity contribution in [3.05, 3.63) is 29.1 Å². The minimum absolute atomic E-state index is 0.0125. The van der Waals surface area contributed by atoms with Crippen molar-refractivity contribution in [1.82, 2.24) is 10.3 Å². The number of pyridine rings is 1.